The second kappa shape index (κ2) is 11.7. The lowest BCUT2D eigenvalue weighted by atomic mass is 10.1. The molecule has 29 heavy (non-hydrogen) atoms. The van der Waals surface area contributed by atoms with Crippen molar-refractivity contribution in [3.63, 3.8) is 0 Å². The number of benzene rings is 1. The number of unbranched alkanes of at least 4 members (excludes halogenated alkanes) is 3. The van der Waals surface area contributed by atoms with Gasteiger partial charge in [0.15, 0.2) is 0 Å². The van der Waals surface area contributed by atoms with Crippen LogP contribution < -0.4 is 0 Å². The predicted molar refractivity (Wildman–Crippen MR) is 121 cm³/mol. The molecule has 0 saturated carbocycles. The Kier molecular flexibility index (Phi) is 9.00. The van der Waals surface area contributed by atoms with Gasteiger partial charge < -0.3 is 4.90 Å². The van der Waals surface area contributed by atoms with Crippen molar-refractivity contribution in [2.45, 2.75) is 77.8 Å². The van der Waals surface area contributed by atoms with E-state index in [-0.39, 0.29) is 5.91 Å². The van der Waals surface area contributed by atoms with Gasteiger partial charge in [-0.3, -0.25) is 14.6 Å². The largest absolute Gasteiger partial charge is 0.336 e. The molecule has 2 saturated heterocycles. The van der Waals surface area contributed by atoms with E-state index in [1.165, 1.54) is 70.0 Å². The standard InChI is InChI=1S/C25H41N3O/c1-3-4-5-7-10-22(2)27-17-19-28(20-18-27)25(29)24-13-11-23(12-14-24)21-26-15-8-6-9-16-26/h11-14,22H,3-10,15-21H2,1-2H3. The number of hydrogen-bond acceptors (Lipinski definition) is 3. The number of piperidine rings is 1. The van der Waals surface area contributed by atoms with Crippen LogP contribution in [0.2, 0.25) is 0 Å². The van der Waals surface area contributed by atoms with E-state index in [0.717, 1.165) is 38.3 Å². The minimum Gasteiger partial charge on any atom is -0.336 e. The highest BCUT2D eigenvalue weighted by molar-refractivity contribution is 5.94. The first kappa shape index (κ1) is 22.3. The van der Waals surface area contributed by atoms with Gasteiger partial charge >= 0.3 is 0 Å². The van der Waals surface area contributed by atoms with Crippen LogP contribution in [0.3, 0.4) is 0 Å². The molecule has 1 amide bonds. The SMILES string of the molecule is CCCCCCC(C)N1CCN(C(=O)c2ccc(CN3CCCCC3)cc2)CC1. The number of amides is 1. The highest BCUT2D eigenvalue weighted by atomic mass is 16.2. The molecule has 0 aliphatic carbocycles. The molecule has 1 atom stereocenters. The molecule has 0 aromatic heterocycles. The van der Waals surface area contributed by atoms with Gasteiger partial charge in [0.1, 0.15) is 0 Å². The first-order valence-corrected chi connectivity index (χ1v) is 12.0. The zero-order valence-corrected chi connectivity index (χ0v) is 18.7. The summed E-state index contributed by atoms with van der Waals surface area (Å²) in [5.41, 5.74) is 2.17. The summed E-state index contributed by atoms with van der Waals surface area (Å²) in [5.74, 6) is 0.199. The fraction of sp³-hybridized carbons (Fsp3) is 0.720. The molecular weight excluding hydrogens is 358 g/mol. The van der Waals surface area contributed by atoms with Gasteiger partial charge in [-0.2, -0.15) is 0 Å². The van der Waals surface area contributed by atoms with E-state index < -0.39 is 0 Å². The molecule has 1 aromatic carbocycles. The molecular formula is C25H41N3O. The molecule has 0 spiro atoms. The highest BCUT2D eigenvalue weighted by Gasteiger charge is 2.24. The summed E-state index contributed by atoms with van der Waals surface area (Å²) >= 11 is 0. The minimum absolute atomic E-state index is 0.199. The van der Waals surface area contributed by atoms with Gasteiger partial charge in [-0.1, -0.05) is 51.2 Å². The number of likely N-dealkylation sites (tertiary alicyclic amines) is 1. The summed E-state index contributed by atoms with van der Waals surface area (Å²) in [6.45, 7) is 11.8. The molecule has 0 N–H and O–H groups in total. The number of hydrogen-bond donors (Lipinski definition) is 0. The summed E-state index contributed by atoms with van der Waals surface area (Å²) in [7, 11) is 0. The second-order valence-corrected chi connectivity index (χ2v) is 9.06. The number of piperazine rings is 1. The lowest BCUT2D eigenvalue weighted by molar-refractivity contribution is 0.0573. The zero-order valence-electron chi connectivity index (χ0n) is 18.7. The normalized spacial score (nSPS) is 20.0. The van der Waals surface area contributed by atoms with Crippen LogP contribution in [0.5, 0.6) is 0 Å². The van der Waals surface area contributed by atoms with Crippen LogP contribution in [0.4, 0.5) is 0 Å². The Morgan fingerprint density at radius 3 is 2.24 bits per heavy atom. The number of carbonyl (C=O) groups is 1. The monoisotopic (exact) mass is 399 g/mol. The molecule has 1 aromatic rings. The van der Waals surface area contributed by atoms with Gasteiger partial charge in [0.25, 0.3) is 5.91 Å². The zero-order chi connectivity index (χ0) is 20.5. The molecule has 162 valence electrons. The van der Waals surface area contributed by atoms with Crippen molar-refractivity contribution in [2.75, 3.05) is 39.3 Å². The fourth-order valence-electron chi connectivity index (χ4n) is 4.73. The Bertz CT molecular complexity index is 601. The Hall–Kier alpha value is -1.39. The van der Waals surface area contributed by atoms with Crippen LogP contribution in [0.25, 0.3) is 0 Å². The third kappa shape index (κ3) is 6.82. The first-order chi connectivity index (χ1) is 14.2. The molecule has 4 heteroatoms. The number of nitrogens with zero attached hydrogens (tertiary/aromatic N) is 3. The fourth-order valence-corrected chi connectivity index (χ4v) is 4.73. The molecule has 1 unspecified atom stereocenters. The van der Waals surface area contributed by atoms with E-state index in [0.29, 0.717) is 6.04 Å². The molecule has 3 rings (SSSR count). The highest BCUT2D eigenvalue weighted by Crippen LogP contribution is 2.17. The van der Waals surface area contributed by atoms with Gasteiger partial charge in [-0.15, -0.1) is 0 Å². The average molecular weight is 400 g/mol. The Morgan fingerprint density at radius 1 is 0.897 bits per heavy atom. The van der Waals surface area contributed by atoms with Crippen LogP contribution in [-0.2, 0) is 6.54 Å². The topological polar surface area (TPSA) is 26.8 Å². The van der Waals surface area contributed by atoms with E-state index in [2.05, 4.69) is 35.8 Å². The number of rotatable bonds is 9. The lowest BCUT2D eigenvalue weighted by Crippen LogP contribution is -2.51. The van der Waals surface area contributed by atoms with Crippen molar-refractivity contribution in [1.82, 2.24) is 14.7 Å². The maximum atomic E-state index is 12.9. The van der Waals surface area contributed by atoms with Crippen molar-refractivity contribution in [2.24, 2.45) is 0 Å². The van der Waals surface area contributed by atoms with Crippen LogP contribution >= 0.6 is 0 Å². The molecule has 0 radical (unpaired) electrons. The summed E-state index contributed by atoms with van der Waals surface area (Å²) in [6.07, 6.45) is 10.6. The van der Waals surface area contributed by atoms with Crippen molar-refractivity contribution in [3.05, 3.63) is 35.4 Å². The Labute approximate surface area is 178 Å². The molecule has 2 aliphatic heterocycles. The Balaban J connectivity index is 1.42. The minimum atomic E-state index is 0.199. The molecule has 2 fully saturated rings. The second-order valence-electron chi connectivity index (χ2n) is 9.06. The van der Waals surface area contributed by atoms with E-state index in [1.54, 1.807) is 0 Å². The van der Waals surface area contributed by atoms with Gasteiger partial charge in [-0.25, -0.2) is 0 Å². The third-order valence-electron chi connectivity index (χ3n) is 6.76. The maximum Gasteiger partial charge on any atom is 0.253 e. The van der Waals surface area contributed by atoms with Crippen molar-refractivity contribution >= 4 is 5.91 Å². The van der Waals surface area contributed by atoms with E-state index in [4.69, 9.17) is 0 Å². The van der Waals surface area contributed by atoms with Crippen molar-refractivity contribution in [3.8, 4) is 0 Å². The summed E-state index contributed by atoms with van der Waals surface area (Å²) in [4.78, 5) is 20.1. The van der Waals surface area contributed by atoms with E-state index in [1.807, 2.05) is 17.0 Å². The van der Waals surface area contributed by atoms with Crippen molar-refractivity contribution < 1.29 is 4.79 Å². The summed E-state index contributed by atoms with van der Waals surface area (Å²) in [5, 5.41) is 0. The van der Waals surface area contributed by atoms with Crippen LogP contribution in [0.15, 0.2) is 24.3 Å². The lowest BCUT2D eigenvalue weighted by Gasteiger charge is -2.38. The first-order valence-electron chi connectivity index (χ1n) is 12.0. The summed E-state index contributed by atoms with van der Waals surface area (Å²) in [6, 6.07) is 9.00. The van der Waals surface area contributed by atoms with E-state index in [9.17, 15) is 4.79 Å². The molecule has 4 nitrogen and oxygen atoms in total. The quantitative estimate of drug-likeness (QED) is 0.559. The molecule has 2 heterocycles. The third-order valence-corrected chi connectivity index (χ3v) is 6.76. The van der Waals surface area contributed by atoms with Crippen LogP contribution in [0.1, 0.15) is 81.1 Å². The predicted octanol–water partition coefficient (Wildman–Crippen LogP) is 4.79. The van der Waals surface area contributed by atoms with Gasteiger partial charge in [-0.05, 0) is 57.0 Å². The molecule has 0 bridgehead atoms. The van der Waals surface area contributed by atoms with E-state index >= 15 is 0 Å². The van der Waals surface area contributed by atoms with Crippen LogP contribution in [-0.4, -0.2) is 65.9 Å². The van der Waals surface area contributed by atoms with Crippen molar-refractivity contribution in [1.29, 1.82) is 0 Å². The average Bonchev–Trinajstić information content (AvgIpc) is 2.77. The van der Waals surface area contributed by atoms with Crippen LogP contribution in [0, 0.1) is 0 Å². The Morgan fingerprint density at radius 2 is 1.59 bits per heavy atom. The van der Waals surface area contributed by atoms with Gasteiger partial charge in [0, 0.05) is 44.3 Å². The van der Waals surface area contributed by atoms with Gasteiger partial charge in [0.05, 0.1) is 0 Å². The van der Waals surface area contributed by atoms with Gasteiger partial charge in [0.2, 0.25) is 0 Å². The maximum absolute atomic E-state index is 12.9. The summed E-state index contributed by atoms with van der Waals surface area (Å²) < 4.78 is 0. The number of carbonyl (C=O) groups excluding carboxylic acids is 1. The smallest absolute Gasteiger partial charge is 0.253 e. The molecule has 2 aliphatic rings.